The molecule has 1 aliphatic rings. The maximum absolute atomic E-state index is 14.0. The van der Waals surface area contributed by atoms with Gasteiger partial charge in [-0.05, 0) is 49.5 Å². The number of rotatable bonds is 10. The highest BCUT2D eigenvalue weighted by Gasteiger charge is 2.29. The Morgan fingerprint density at radius 1 is 1.41 bits per heavy atom. The van der Waals surface area contributed by atoms with Gasteiger partial charge in [0.15, 0.2) is 0 Å². The van der Waals surface area contributed by atoms with E-state index in [-0.39, 0.29) is 11.2 Å². The van der Waals surface area contributed by atoms with Crippen molar-refractivity contribution in [2.45, 2.75) is 59.8 Å². The zero-order valence-corrected chi connectivity index (χ0v) is 20.0. The molecule has 1 unspecified atom stereocenters. The third kappa shape index (κ3) is 8.56. The van der Waals surface area contributed by atoms with Gasteiger partial charge in [-0.15, -0.1) is 6.58 Å². The molecule has 1 aliphatic heterocycles. The Kier molecular flexibility index (Phi) is 11.7. The fourth-order valence-electron chi connectivity index (χ4n) is 3.24. The number of hydrogen-bond donors (Lipinski definition) is 0. The maximum atomic E-state index is 14.0. The quantitative estimate of drug-likeness (QED) is 0.276. The molecule has 0 saturated carbocycles. The summed E-state index contributed by atoms with van der Waals surface area (Å²) in [6, 6.07) is 0. The van der Waals surface area contributed by atoms with Crippen molar-refractivity contribution in [3.05, 3.63) is 49.0 Å². The molecular formula is C24H41FN3P. The zero-order valence-electron chi connectivity index (χ0n) is 19.1. The smallest absolute Gasteiger partial charge is 0.137 e. The van der Waals surface area contributed by atoms with Gasteiger partial charge < -0.3 is 0 Å². The summed E-state index contributed by atoms with van der Waals surface area (Å²) >= 11 is 0. The summed E-state index contributed by atoms with van der Waals surface area (Å²) in [5.74, 6) is -0.259. The third-order valence-electron chi connectivity index (χ3n) is 5.43. The molecule has 0 spiro atoms. The van der Waals surface area contributed by atoms with Crippen LogP contribution in [0, 0.1) is 5.41 Å². The summed E-state index contributed by atoms with van der Waals surface area (Å²) in [5.41, 5.74) is 2.12. The molecule has 29 heavy (non-hydrogen) atoms. The Morgan fingerprint density at radius 2 is 2.14 bits per heavy atom. The van der Waals surface area contributed by atoms with Crippen LogP contribution >= 0.6 is 8.07 Å². The molecule has 0 saturated heterocycles. The monoisotopic (exact) mass is 421 g/mol. The third-order valence-corrected chi connectivity index (χ3v) is 8.01. The van der Waals surface area contributed by atoms with E-state index in [0.717, 1.165) is 56.7 Å². The molecule has 0 amide bonds. The van der Waals surface area contributed by atoms with Gasteiger partial charge in [-0.1, -0.05) is 58.9 Å². The van der Waals surface area contributed by atoms with Crippen LogP contribution in [0.5, 0.6) is 0 Å². The van der Waals surface area contributed by atoms with E-state index in [1.54, 1.807) is 6.08 Å². The van der Waals surface area contributed by atoms with Crippen molar-refractivity contribution < 1.29 is 4.39 Å². The number of halogens is 1. The van der Waals surface area contributed by atoms with Crippen molar-refractivity contribution in [3.63, 3.8) is 0 Å². The SMILES string of the molecule is C=CCCP(CC)N(C(=C)CCCC)N1CC/N=C\C(F)=C/CC(C)(C)C(=C)C1. The van der Waals surface area contributed by atoms with Crippen LogP contribution in [0.3, 0.4) is 0 Å². The fourth-order valence-corrected chi connectivity index (χ4v) is 5.50. The van der Waals surface area contributed by atoms with E-state index in [4.69, 9.17) is 0 Å². The lowest BCUT2D eigenvalue weighted by molar-refractivity contribution is 0.102. The van der Waals surface area contributed by atoms with Crippen LogP contribution in [0.15, 0.2) is 54.0 Å². The summed E-state index contributed by atoms with van der Waals surface area (Å²) in [7, 11) is -0.399. The van der Waals surface area contributed by atoms with Gasteiger partial charge in [0.05, 0.1) is 12.8 Å². The van der Waals surface area contributed by atoms with Gasteiger partial charge >= 0.3 is 0 Å². The molecule has 1 rings (SSSR count). The molecule has 164 valence electrons. The first kappa shape index (κ1) is 25.8. The number of hydrazine groups is 1. The van der Waals surface area contributed by atoms with Crippen molar-refractivity contribution in [1.29, 1.82) is 0 Å². The van der Waals surface area contributed by atoms with Crippen molar-refractivity contribution in [3.8, 4) is 0 Å². The molecule has 0 N–H and O–H groups in total. The van der Waals surface area contributed by atoms with E-state index in [0.29, 0.717) is 13.0 Å². The van der Waals surface area contributed by atoms with Crippen LogP contribution in [0.2, 0.25) is 0 Å². The number of allylic oxidation sites excluding steroid dienone is 4. The zero-order chi connectivity index (χ0) is 21.9. The first-order valence-corrected chi connectivity index (χ1v) is 12.6. The molecule has 1 heterocycles. The predicted molar refractivity (Wildman–Crippen MR) is 129 cm³/mol. The van der Waals surface area contributed by atoms with Crippen LogP contribution in [0.4, 0.5) is 4.39 Å². The molecule has 5 heteroatoms. The Hall–Kier alpha value is -1.25. The molecule has 1 atom stereocenters. The van der Waals surface area contributed by atoms with Crippen LogP contribution < -0.4 is 0 Å². The first-order chi connectivity index (χ1) is 13.8. The Balaban J connectivity index is 3.22. The molecule has 0 aliphatic carbocycles. The van der Waals surface area contributed by atoms with Crippen molar-refractivity contribution in [2.24, 2.45) is 10.4 Å². The van der Waals surface area contributed by atoms with Gasteiger partial charge in [0.2, 0.25) is 0 Å². The Bertz CT molecular complexity index is 609. The minimum Gasteiger partial charge on any atom is -0.290 e. The molecule has 3 nitrogen and oxygen atoms in total. The number of nitrogens with zero attached hydrogens (tertiary/aromatic N) is 3. The van der Waals surface area contributed by atoms with Gasteiger partial charge in [0.25, 0.3) is 0 Å². The molecule has 0 aromatic carbocycles. The lowest BCUT2D eigenvalue weighted by atomic mass is 9.81. The van der Waals surface area contributed by atoms with Gasteiger partial charge in [-0.2, -0.15) is 0 Å². The van der Waals surface area contributed by atoms with E-state index in [1.165, 1.54) is 11.9 Å². The first-order valence-electron chi connectivity index (χ1n) is 10.9. The van der Waals surface area contributed by atoms with Gasteiger partial charge in [-0.3, -0.25) is 9.77 Å². The van der Waals surface area contributed by atoms with E-state index < -0.39 is 8.07 Å². The average molecular weight is 422 g/mol. The summed E-state index contributed by atoms with van der Waals surface area (Å²) in [4.78, 5) is 4.32. The Morgan fingerprint density at radius 3 is 2.76 bits per heavy atom. The number of hydrogen-bond acceptors (Lipinski definition) is 3. The summed E-state index contributed by atoms with van der Waals surface area (Å²) < 4.78 is 16.5. The second-order valence-electron chi connectivity index (χ2n) is 8.29. The largest absolute Gasteiger partial charge is 0.290 e. The molecular weight excluding hydrogens is 380 g/mol. The van der Waals surface area contributed by atoms with Crippen LogP contribution in [0.25, 0.3) is 0 Å². The topological polar surface area (TPSA) is 18.8 Å². The Labute approximate surface area is 179 Å². The summed E-state index contributed by atoms with van der Waals surface area (Å²) in [6.07, 6.45) is 12.1. The maximum Gasteiger partial charge on any atom is 0.137 e. The standard InChI is InChI=1S/C24H41FN3P/c1-8-11-13-22(5)28(29(10-3)18-12-9-2)27-17-16-26-19-23(25)14-15-24(6,7)21(4)20-27/h9,14,19H,2,4-5,8,10-13,15-18,20H2,1,3,6-7H3/b23-14+,26-19-. The molecule has 0 fully saturated rings. The molecule has 0 aromatic heterocycles. The fraction of sp³-hybridized carbons (Fsp3) is 0.625. The highest BCUT2D eigenvalue weighted by Crippen LogP contribution is 2.46. The van der Waals surface area contributed by atoms with Crippen molar-refractivity contribution in [2.75, 3.05) is 32.0 Å². The highest BCUT2D eigenvalue weighted by atomic mass is 31.1. The number of aliphatic imine (C=N–C) groups is 1. The lowest BCUT2D eigenvalue weighted by Gasteiger charge is -2.44. The normalized spacial score (nSPS) is 22.1. The summed E-state index contributed by atoms with van der Waals surface area (Å²) in [6.45, 7) is 23.6. The van der Waals surface area contributed by atoms with E-state index in [2.05, 4.69) is 62.2 Å². The highest BCUT2D eigenvalue weighted by molar-refractivity contribution is 7.55. The van der Waals surface area contributed by atoms with Crippen molar-refractivity contribution in [1.82, 2.24) is 9.79 Å². The predicted octanol–water partition coefficient (Wildman–Crippen LogP) is 7.11. The van der Waals surface area contributed by atoms with Gasteiger partial charge in [0, 0.05) is 26.9 Å². The summed E-state index contributed by atoms with van der Waals surface area (Å²) in [5, 5.41) is 2.38. The lowest BCUT2D eigenvalue weighted by Crippen LogP contribution is -2.43. The van der Waals surface area contributed by atoms with E-state index in [9.17, 15) is 4.39 Å². The second-order valence-corrected chi connectivity index (χ2v) is 10.8. The van der Waals surface area contributed by atoms with Gasteiger partial charge in [0.1, 0.15) is 5.83 Å². The minimum absolute atomic E-state index is 0.180. The molecule has 0 aromatic rings. The molecule has 0 radical (unpaired) electrons. The van der Waals surface area contributed by atoms with Crippen LogP contribution in [-0.4, -0.2) is 48.0 Å². The second kappa shape index (κ2) is 13.1. The number of unbranched alkanes of at least 4 members (excludes halogenated alkanes) is 1. The van der Waals surface area contributed by atoms with Crippen molar-refractivity contribution >= 4 is 14.3 Å². The van der Waals surface area contributed by atoms with Crippen LogP contribution in [-0.2, 0) is 0 Å². The van der Waals surface area contributed by atoms with Crippen LogP contribution in [0.1, 0.15) is 59.8 Å². The molecule has 0 bridgehead atoms. The minimum atomic E-state index is -0.399. The average Bonchev–Trinajstić information content (AvgIpc) is 2.71. The van der Waals surface area contributed by atoms with E-state index in [1.807, 2.05) is 6.08 Å². The van der Waals surface area contributed by atoms with E-state index >= 15 is 0 Å². The van der Waals surface area contributed by atoms with Gasteiger partial charge in [-0.25, -0.2) is 9.40 Å².